The van der Waals surface area contributed by atoms with E-state index in [1.807, 2.05) is 71.6 Å². The largest absolute Gasteiger partial charge is 0.381 e. The molecule has 5 nitrogen and oxygen atoms in total. The molecule has 1 heterocycles. The summed E-state index contributed by atoms with van der Waals surface area (Å²) < 4.78 is 0. The SMILES string of the molecule is N#Cc1ccc(CNc2ccc(C(=O)N3CCN(c4ccccc4)CC3)cc2)cc1. The molecule has 1 aliphatic rings. The summed E-state index contributed by atoms with van der Waals surface area (Å²) in [6.07, 6.45) is 0. The average Bonchev–Trinajstić information content (AvgIpc) is 2.83. The van der Waals surface area contributed by atoms with Gasteiger partial charge in [-0.2, -0.15) is 5.26 Å². The zero-order chi connectivity index (χ0) is 20.8. The van der Waals surface area contributed by atoms with Gasteiger partial charge in [-0.1, -0.05) is 30.3 Å². The first-order chi connectivity index (χ1) is 14.7. The average molecular weight is 396 g/mol. The number of carbonyl (C=O) groups is 1. The number of carbonyl (C=O) groups excluding carboxylic acids is 1. The van der Waals surface area contributed by atoms with Gasteiger partial charge in [-0.3, -0.25) is 4.79 Å². The van der Waals surface area contributed by atoms with Crippen molar-refractivity contribution in [2.75, 3.05) is 36.4 Å². The minimum atomic E-state index is 0.0846. The minimum absolute atomic E-state index is 0.0846. The Labute approximate surface area is 177 Å². The highest BCUT2D eigenvalue weighted by Crippen LogP contribution is 2.18. The van der Waals surface area contributed by atoms with Crippen molar-refractivity contribution in [1.29, 1.82) is 5.26 Å². The Hall–Kier alpha value is -3.78. The number of nitriles is 1. The number of para-hydroxylation sites is 1. The molecule has 30 heavy (non-hydrogen) atoms. The lowest BCUT2D eigenvalue weighted by Gasteiger charge is -2.36. The van der Waals surface area contributed by atoms with Gasteiger partial charge in [0, 0.05) is 49.7 Å². The van der Waals surface area contributed by atoms with Gasteiger partial charge in [0.15, 0.2) is 0 Å². The van der Waals surface area contributed by atoms with Crippen LogP contribution in [0.1, 0.15) is 21.5 Å². The molecule has 1 saturated heterocycles. The number of nitrogens with zero attached hydrogens (tertiary/aromatic N) is 3. The maximum atomic E-state index is 12.9. The number of benzene rings is 3. The van der Waals surface area contributed by atoms with Crippen LogP contribution in [0.2, 0.25) is 0 Å². The third kappa shape index (κ3) is 4.61. The number of amides is 1. The van der Waals surface area contributed by atoms with Gasteiger partial charge in [-0.15, -0.1) is 0 Å². The second-order valence-corrected chi connectivity index (χ2v) is 7.35. The zero-order valence-electron chi connectivity index (χ0n) is 16.8. The number of nitrogens with one attached hydrogen (secondary N) is 1. The molecule has 0 aliphatic carbocycles. The fourth-order valence-electron chi connectivity index (χ4n) is 3.62. The molecule has 0 aromatic heterocycles. The minimum Gasteiger partial charge on any atom is -0.381 e. The van der Waals surface area contributed by atoms with Crippen molar-refractivity contribution in [3.63, 3.8) is 0 Å². The Balaban J connectivity index is 1.30. The zero-order valence-corrected chi connectivity index (χ0v) is 16.8. The Morgan fingerprint density at radius 2 is 1.53 bits per heavy atom. The van der Waals surface area contributed by atoms with E-state index in [4.69, 9.17) is 5.26 Å². The summed E-state index contributed by atoms with van der Waals surface area (Å²) in [4.78, 5) is 17.1. The molecule has 1 N–H and O–H groups in total. The van der Waals surface area contributed by atoms with Gasteiger partial charge in [0.1, 0.15) is 0 Å². The van der Waals surface area contributed by atoms with Crippen LogP contribution in [0.5, 0.6) is 0 Å². The van der Waals surface area contributed by atoms with E-state index in [0.29, 0.717) is 17.7 Å². The quantitative estimate of drug-likeness (QED) is 0.704. The van der Waals surface area contributed by atoms with E-state index in [0.717, 1.165) is 37.4 Å². The number of anilines is 2. The normalized spacial score (nSPS) is 13.6. The summed E-state index contributed by atoms with van der Waals surface area (Å²) >= 11 is 0. The third-order valence-corrected chi connectivity index (χ3v) is 5.40. The predicted molar refractivity (Wildman–Crippen MR) is 119 cm³/mol. The Morgan fingerprint density at radius 3 is 2.17 bits per heavy atom. The molecule has 150 valence electrons. The molecule has 0 saturated carbocycles. The molecule has 3 aromatic carbocycles. The van der Waals surface area contributed by atoms with E-state index in [1.165, 1.54) is 5.69 Å². The van der Waals surface area contributed by atoms with Crippen molar-refractivity contribution in [3.05, 3.63) is 95.6 Å². The van der Waals surface area contributed by atoms with Crippen LogP contribution in [0, 0.1) is 11.3 Å². The number of hydrogen-bond donors (Lipinski definition) is 1. The van der Waals surface area contributed by atoms with E-state index >= 15 is 0 Å². The molecular formula is C25H24N4O. The number of piperazine rings is 1. The lowest BCUT2D eigenvalue weighted by Crippen LogP contribution is -2.48. The smallest absolute Gasteiger partial charge is 0.253 e. The standard InChI is InChI=1S/C25H24N4O/c26-18-20-6-8-21(9-7-20)19-27-23-12-10-22(11-13-23)25(30)29-16-14-28(15-17-29)24-4-2-1-3-5-24/h1-13,27H,14-17,19H2. The molecule has 1 fully saturated rings. The summed E-state index contributed by atoms with van der Waals surface area (Å²) in [5.41, 5.74) is 4.65. The van der Waals surface area contributed by atoms with Crippen LogP contribution in [0.4, 0.5) is 11.4 Å². The molecule has 0 unspecified atom stereocenters. The van der Waals surface area contributed by atoms with Gasteiger partial charge >= 0.3 is 0 Å². The third-order valence-electron chi connectivity index (χ3n) is 5.40. The highest BCUT2D eigenvalue weighted by molar-refractivity contribution is 5.94. The maximum absolute atomic E-state index is 12.9. The summed E-state index contributed by atoms with van der Waals surface area (Å²) in [5.74, 6) is 0.0846. The molecule has 4 rings (SSSR count). The van der Waals surface area contributed by atoms with Crippen molar-refractivity contribution in [1.82, 2.24) is 4.90 Å². The lowest BCUT2D eigenvalue weighted by atomic mass is 10.1. The van der Waals surface area contributed by atoms with Crippen molar-refractivity contribution in [3.8, 4) is 6.07 Å². The second-order valence-electron chi connectivity index (χ2n) is 7.35. The Morgan fingerprint density at radius 1 is 0.867 bits per heavy atom. The lowest BCUT2D eigenvalue weighted by molar-refractivity contribution is 0.0747. The van der Waals surface area contributed by atoms with E-state index in [2.05, 4.69) is 28.4 Å². The van der Waals surface area contributed by atoms with Crippen molar-refractivity contribution in [2.24, 2.45) is 0 Å². The van der Waals surface area contributed by atoms with Crippen LogP contribution >= 0.6 is 0 Å². The van der Waals surface area contributed by atoms with E-state index < -0.39 is 0 Å². The van der Waals surface area contributed by atoms with Gasteiger partial charge in [-0.05, 0) is 54.1 Å². The molecule has 1 amide bonds. The molecule has 0 radical (unpaired) electrons. The highest BCUT2D eigenvalue weighted by Gasteiger charge is 2.22. The number of hydrogen-bond acceptors (Lipinski definition) is 4. The fourth-order valence-corrected chi connectivity index (χ4v) is 3.62. The number of rotatable bonds is 5. The molecule has 0 spiro atoms. The van der Waals surface area contributed by atoms with Crippen LogP contribution < -0.4 is 10.2 Å². The topological polar surface area (TPSA) is 59.4 Å². The van der Waals surface area contributed by atoms with Crippen molar-refractivity contribution >= 4 is 17.3 Å². The maximum Gasteiger partial charge on any atom is 0.253 e. The van der Waals surface area contributed by atoms with Crippen LogP contribution in [-0.2, 0) is 6.54 Å². The Bertz CT molecular complexity index is 1020. The molecule has 1 aliphatic heterocycles. The first-order valence-electron chi connectivity index (χ1n) is 10.2. The van der Waals surface area contributed by atoms with Crippen molar-refractivity contribution < 1.29 is 4.79 Å². The predicted octanol–water partition coefficient (Wildman–Crippen LogP) is 4.13. The molecule has 3 aromatic rings. The van der Waals surface area contributed by atoms with Crippen molar-refractivity contribution in [2.45, 2.75) is 6.54 Å². The second kappa shape index (κ2) is 9.15. The summed E-state index contributed by atoms with van der Waals surface area (Å²) in [6.45, 7) is 3.82. The monoisotopic (exact) mass is 396 g/mol. The summed E-state index contributed by atoms with van der Waals surface area (Å²) in [6, 6.07) is 27.6. The van der Waals surface area contributed by atoms with Gasteiger partial charge in [0.2, 0.25) is 0 Å². The first-order valence-corrected chi connectivity index (χ1v) is 10.2. The van der Waals surface area contributed by atoms with E-state index in [-0.39, 0.29) is 5.91 Å². The van der Waals surface area contributed by atoms with Gasteiger partial charge < -0.3 is 15.1 Å². The van der Waals surface area contributed by atoms with Crippen LogP contribution in [0.25, 0.3) is 0 Å². The van der Waals surface area contributed by atoms with Crippen LogP contribution in [-0.4, -0.2) is 37.0 Å². The summed E-state index contributed by atoms with van der Waals surface area (Å²) in [5, 5.41) is 12.2. The fraction of sp³-hybridized carbons (Fsp3) is 0.200. The molecule has 0 atom stereocenters. The van der Waals surface area contributed by atoms with Gasteiger partial charge in [0.25, 0.3) is 5.91 Å². The molecule has 5 heteroatoms. The van der Waals surface area contributed by atoms with Gasteiger partial charge in [-0.25, -0.2) is 0 Å². The van der Waals surface area contributed by atoms with E-state index in [1.54, 1.807) is 0 Å². The summed E-state index contributed by atoms with van der Waals surface area (Å²) in [7, 11) is 0. The molecule has 0 bridgehead atoms. The highest BCUT2D eigenvalue weighted by atomic mass is 16.2. The van der Waals surface area contributed by atoms with Crippen LogP contribution in [0.15, 0.2) is 78.9 Å². The first kappa shape index (κ1) is 19.5. The molecular weight excluding hydrogens is 372 g/mol. The van der Waals surface area contributed by atoms with Crippen LogP contribution in [0.3, 0.4) is 0 Å². The Kier molecular flexibility index (Phi) is 5.95. The van der Waals surface area contributed by atoms with E-state index in [9.17, 15) is 4.79 Å². The van der Waals surface area contributed by atoms with Gasteiger partial charge in [0.05, 0.1) is 11.6 Å².